The fourth-order valence-electron chi connectivity index (χ4n) is 2.12. The summed E-state index contributed by atoms with van der Waals surface area (Å²) in [5.74, 6) is -0.240. The van der Waals surface area contributed by atoms with Crippen molar-refractivity contribution in [2.45, 2.75) is 40.0 Å². The van der Waals surface area contributed by atoms with Gasteiger partial charge < -0.3 is 16.3 Å². The van der Waals surface area contributed by atoms with E-state index in [1.165, 1.54) is 0 Å². The van der Waals surface area contributed by atoms with Gasteiger partial charge in [-0.15, -0.1) is 11.3 Å². The molecule has 1 heterocycles. The van der Waals surface area contributed by atoms with E-state index in [1.807, 2.05) is 26.2 Å². The Labute approximate surface area is 123 Å². The number of carbonyl (C=O) groups excluding carboxylic acids is 1. The van der Waals surface area contributed by atoms with Crippen LogP contribution in [0.5, 0.6) is 0 Å². The number of nitrogens with one attached hydrogen (secondary N) is 1. The summed E-state index contributed by atoms with van der Waals surface area (Å²) in [6.07, 6.45) is 1.66. The molecular formula is C13H22N4O2S. The fraction of sp³-hybridized carbons (Fsp3) is 0.615. The van der Waals surface area contributed by atoms with E-state index in [-0.39, 0.29) is 11.7 Å². The minimum absolute atomic E-state index is 0.0370. The Balaban J connectivity index is 2.63. The summed E-state index contributed by atoms with van der Waals surface area (Å²) in [5.41, 5.74) is 5.74. The monoisotopic (exact) mass is 298 g/mol. The zero-order valence-corrected chi connectivity index (χ0v) is 13.0. The lowest BCUT2D eigenvalue weighted by Crippen LogP contribution is -2.49. The van der Waals surface area contributed by atoms with Gasteiger partial charge in [-0.1, -0.05) is 19.0 Å². The van der Waals surface area contributed by atoms with E-state index >= 15 is 0 Å². The molecule has 7 heteroatoms. The molecule has 0 aliphatic heterocycles. The lowest BCUT2D eigenvalue weighted by atomic mass is 9.80. The molecule has 112 valence electrons. The van der Waals surface area contributed by atoms with Crippen LogP contribution < -0.4 is 11.1 Å². The van der Waals surface area contributed by atoms with Crippen molar-refractivity contribution in [3.63, 3.8) is 0 Å². The summed E-state index contributed by atoms with van der Waals surface area (Å²) in [7, 11) is 0. The lowest BCUT2D eigenvalue weighted by molar-refractivity contribution is -0.127. The van der Waals surface area contributed by atoms with E-state index in [2.05, 4.69) is 15.5 Å². The van der Waals surface area contributed by atoms with Crippen LogP contribution in [0.4, 0.5) is 0 Å². The average Bonchev–Trinajstić information content (AvgIpc) is 2.86. The van der Waals surface area contributed by atoms with Crippen LogP contribution in [0.15, 0.2) is 10.5 Å². The molecule has 0 bridgehead atoms. The molecule has 0 saturated heterocycles. The second kappa shape index (κ2) is 7.23. The molecule has 0 aliphatic carbocycles. The van der Waals surface area contributed by atoms with E-state index in [9.17, 15) is 4.79 Å². The minimum Gasteiger partial charge on any atom is -0.409 e. The molecule has 0 atom stereocenters. The first kappa shape index (κ1) is 16.4. The number of amidine groups is 1. The number of nitrogens with zero attached hydrogens (tertiary/aromatic N) is 2. The summed E-state index contributed by atoms with van der Waals surface area (Å²) in [6, 6.07) is 0. The van der Waals surface area contributed by atoms with Crippen LogP contribution >= 0.6 is 11.3 Å². The van der Waals surface area contributed by atoms with Crippen molar-refractivity contribution in [2.24, 2.45) is 16.3 Å². The molecule has 0 fully saturated rings. The van der Waals surface area contributed by atoms with Gasteiger partial charge in [0.15, 0.2) is 5.84 Å². The first-order chi connectivity index (χ1) is 9.50. The standard InChI is InChI=1S/C13H22N4O2S/c1-4-13(5-2,11(14)17-19)12(18)15-7-6-10-16-9(3)8-20-10/h8,19H,4-7H2,1-3H3,(H2,14,17)(H,15,18). The Bertz CT molecular complexity index is 480. The molecule has 1 amide bonds. The second-order valence-corrected chi connectivity index (χ2v) is 5.61. The molecule has 0 saturated carbocycles. The summed E-state index contributed by atoms with van der Waals surface area (Å²) < 4.78 is 0. The quantitative estimate of drug-likeness (QED) is 0.308. The number of amides is 1. The van der Waals surface area contributed by atoms with Gasteiger partial charge in [0.25, 0.3) is 0 Å². The van der Waals surface area contributed by atoms with E-state index in [0.717, 1.165) is 10.7 Å². The van der Waals surface area contributed by atoms with Gasteiger partial charge in [-0.05, 0) is 19.8 Å². The van der Waals surface area contributed by atoms with Crippen LogP contribution in [0.25, 0.3) is 0 Å². The third kappa shape index (κ3) is 3.47. The van der Waals surface area contributed by atoms with Gasteiger partial charge in [0, 0.05) is 24.0 Å². The van der Waals surface area contributed by atoms with Crippen molar-refractivity contribution in [3.05, 3.63) is 16.1 Å². The Morgan fingerprint density at radius 2 is 2.20 bits per heavy atom. The molecule has 0 aliphatic rings. The van der Waals surface area contributed by atoms with Gasteiger partial charge in [-0.2, -0.15) is 0 Å². The van der Waals surface area contributed by atoms with Crippen molar-refractivity contribution in [3.8, 4) is 0 Å². The lowest BCUT2D eigenvalue weighted by Gasteiger charge is -2.28. The maximum atomic E-state index is 12.3. The fourth-order valence-corrected chi connectivity index (χ4v) is 2.89. The Morgan fingerprint density at radius 1 is 1.55 bits per heavy atom. The van der Waals surface area contributed by atoms with E-state index in [4.69, 9.17) is 10.9 Å². The molecule has 0 radical (unpaired) electrons. The highest BCUT2D eigenvalue weighted by atomic mass is 32.1. The normalized spacial score (nSPS) is 12.4. The van der Waals surface area contributed by atoms with Gasteiger partial charge >= 0.3 is 0 Å². The van der Waals surface area contributed by atoms with Gasteiger partial charge in [-0.25, -0.2) is 4.98 Å². The van der Waals surface area contributed by atoms with Gasteiger partial charge in [-0.3, -0.25) is 4.79 Å². The van der Waals surface area contributed by atoms with Crippen LogP contribution in [0.1, 0.15) is 37.4 Å². The van der Waals surface area contributed by atoms with E-state index in [0.29, 0.717) is 25.8 Å². The number of oxime groups is 1. The molecule has 0 aromatic carbocycles. The van der Waals surface area contributed by atoms with Crippen LogP contribution in [0.2, 0.25) is 0 Å². The Kier molecular flexibility index (Phi) is 5.94. The highest BCUT2D eigenvalue weighted by Gasteiger charge is 2.39. The SMILES string of the molecule is CCC(CC)(C(=O)NCCc1nc(C)cs1)C(N)=NO. The number of aromatic nitrogens is 1. The van der Waals surface area contributed by atoms with E-state index < -0.39 is 5.41 Å². The van der Waals surface area contributed by atoms with E-state index in [1.54, 1.807) is 11.3 Å². The maximum Gasteiger partial charge on any atom is 0.233 e. The Hall–Kier alpha value is -1.63. The first-order valence-corrected chi connectivity index (χ1v) is 7.55. The predicted octanol–water partition coefficient (Wildman–Crippen LogP) is 1.66. The van der Waals surface area contributed by atoms with Crippen LogP contribution in [0.3, 0.4) is 0 Å². The third-order valence-corrected chi connectivity index (χ3v) is 4.56. The Morgan fingerprint density at radius 3 is 2.65 bits per heavy atom. The largest absolute Gasteiger partial charge is 0.409 e. The number of carbonyl (C=O) groups is 1. The van der Waals surface area contributed by atoms with Crippen molar-refractivity contribution in [1.29, 1.82) is 0 Å². The highest BCUT2D eigenvalue weighted by molar-refractivity contribution is 7.09. The molecule has 0 unspecified atom stereocenters. The number of thiazole rings is 1. The van der Waals surface area contributed by atoms with Gasteiger partial charge in [0.1, 0.15) is 5.41 Å². The predicted molar refractivity (Wildman–Crippen MR) is 80.0 cm³/mol. The van der Waals surface area contributed by atoms with Crippen molar-refractivity contribution in [1.82, 2.24) is 10.3 Å². The van der Waals surface area contributed by atoms with Crippen LogP contribution in [-0.2, 0) is 11.2 Å². The highest BCUT2D eigenvalue weighted by Crippen LogP contribution is 2.27. The number of hydrogen-bond donors (Lipinski definition) is 3. The summed E-state index contributed by atoms with van der Waals surface area (Å²) in [5, 5.41) is 17.7. The summed E-state index contributed by atoms with van der Waals surface area (Å²) in [6.45, 7) is 6.14. The summed E-state index contributed by atoms with van der Waals surface area (Å²) >= 11 is 1.58. The number of rotatable bonds is 7. The molecule has 1 aromatic rings. The zero-order valence-electron chi connectivity index (χ0n) is 12.1. The molecule has 6 nitrogen and oxygen atoms in total. The topological polar surface area (TPSA) is 101 Å². The van der Waals surface area contributed by atoms with Crippen LogP contribution in [0, 0.1) is 12.3 Å². The number of nitrogens with two attached hydrogens (primary N) is 1. The molecule has 1 aromatic heterocycles. The third-order valence-electron chi connectivity index (χ3n) is 3.53. The van der Waals surface area contributed by atoms with Crippen molar-refractivity contribution < 1.29 is 10.0 Å². The second-order valence-electron chi connectivity index (χ2n) is 4.66. The van der Waals surface area contributed by atoms with Crippen LogP contribution in [-0.4, -0.2) is 28.5 Å². The maximum absolute atomic E-state index is 12.3. The number of aryl methyl sites for hydroxylation is 1. The first-order valence-electron chi connectivity index (χ1n) is 6.67. The molecule has 4 N–H and O–H groups in total. The average molecular weight is 298 g/mol. The molecule has 1 rings (SSSR count). The molecular weight excluding hydrogens is 276 g/mol. The smallest absolute Gasteiger partial charge is 0.233 e. The van der Waals surface area contributed by atoms with Gasteiger partial charge in [0.05, 0.1) is 5.01 Å². The minimum atomic E-state index is -0.937. The van der Waals surface area contributed by atoms with Gasteiger partial charge in [0.2, 0.25) is 5.91 Å². The van der Waals surface area contributed by atoms with Crippen molar-refractivity contribution in [2.75, 3.05) is 6.54 Å². The summed E-state index contributed by atoms with van der Waals surface area (Å²) in [4.78, 5) is 16.7. The number of hydrogen-bond acceptors (Lipinski definition) is 5. The molecule has 20 heavy (non-hydrogen) atoms. The zero-order chi connectivity index (χ0) is 15.2. The molecule has 0 spiro atoms. The van der Waals surface area contributed by atoms with Crippen molar-refractivity contribution >= 4 is 23.1 Å².